The lowest BCUT2D eigenvalue weighted by Gasteiger charge is -2.60. The standard InChI is InChI=1S/C21H24F2O5/c1-18-5-3-11(25)7-14(18)15(22)8-13-12-4-6-20(28,17(27)10-24)19(12,2)9-16(26)21(13,18)23/h3,5,7-8,12-13,16,24,26,28H,4,6,9-10H2,1-2H3/t12-,13-,16-,18-,19-,20-,21-/m0/s1. The van der Waals surface area contributed by atoms with Crippen LogP contribution in [-0.4, -0.2) is 50.9 Å². The molecular formula is C21H24F2O5. The summed E-state index contributed by atoms with van der Waals surface area (Å²) in [6, 6.07) is 0. The van der Waals surface area contributed by atoms with Crippen LogP contribution in [-0.2, 0) is 9.59 Å². The Morgan fingerprint density at radius 1 is 1.36 bits per heavy atom. The fourth-order valence-electron chi connectivity index (χ4n) is 6.33. The van der Waals surface area contributed by atoms with E-state index in [1.54, 1.807) is 6.92 Å². The summed E-state index contributed by atoms with van der Waals surface area (Å²) in [4.78, 5) is 24.1. The molecular weight excluding hydrogens is 370 g/mol. The molecule has 5 nitrogen and oxygen atoms in total. The summed E-state index contributed by atoms with van der Waals surface area (Å²) in [5, 5.41) is 31.3. The fourth-order valence-corrected chi connectivity index (χ4v) is 6.33. The van der Waals surface area contributed by atoms with Gasteiger partial charge < -0.3 is 15.3 Å². The lowest BCUT2D eigenvalue weighted by Crippen LogP contribution is -2.68. The maximum atomic E-state index is 16.7. The van der Waals surface area contributed by atoms with Crippen LogP contribution in [0.15, 0.2) is 35.7 Å². The van der Waals surface area contributed by atoms with E-state index in [0.29, 0.717) is 0 Å². The number of hydrogen-bond acceptors (Lipinski definition) is 5. The number of halogens is 2. The SMILES string of the molecule is C[C@]12C=CC(=O)C=C1C(F)=C[C@H]1[C@@H]3CC[C@](O)(C(=O)CO)[C@@]3(C)C[C@H](O)[C@@]12F. The smallest absolute Gasteiger partial charge is 0.190 e. The number of aliphatic hydroxyl groups excluding tert-OH is 2. The molecule has 4 aliphatic carbocycles. The number of alkyl halides is 1. The third-order valence-corrected chi connectivity index (χ3v) is 8.01. The molecule has 2 saturated carbocycles. The van der Waals surface area contributed by atoms with Gasteiger partial charge >= 0.3 is 0 Å². The number of ketones is 2. The first-order valence-electron chi connectivity index (χ1n) is 9.52. The Kier molecular flexibility index (Phi) is 3.98. The summed E-state index contributed by atoms with van der Waals surface area (Å²) in [6.07, 6.45) is 3.10. The molecule has 0 unspecified atom stereocenters. The number of hydrogen-bond donors (Lipinski definition) is 3. The molecule has 0 amide bonds. The molecule has 0 radical (unpaired) electrons. The first-order valence-corrected chi connectivity index (χ1v) is 9.52. The lowest BCUT2D eigenvalue weighted by molar-refractivity contribution is -0.203. The van der Waals surface area contributed by atoms with E-state index in [2.05, 4.69) is 0 Å². The number of carbonyl (C=O) groups is 2. The first kappa shape index (κ1) is 19.6. The zero-order chi connectivity index (χ0) is 20.7. The summed E-state index contributed by atoms with van der Waals surface area (Å²) in [5.41, 5.74) is -7.07. The van der Waals surface area contributed by atoms with Gasteiger partial charge in [0.15, 0.2) is 17.2 Å². The summed E-state index contributed by atoms with van der Waals surface area (Å²) in [5.74, 6) is -3.65. The second kappa shape index (κ2) is 5.68. The molecule has 0 bridgehead atoms. The van der Waals surface area contributed by atoms with Gasteiger partial charge in [-0.1, -0.05) is 13.0 Å². The lowest BCUT2D eigenvalue weighted by atomic mass is 9.46. The summed E-state index contributed by atoms with van der Waals surface area (Å²) < 4.78 is 31.7. The maximum Gasteiger partial charge on any atom is 0.190 e. The minimum atomic E-state index is -2.30. The predicted molar refractivity (Wildman–Crippen MR) is 95.4 cm³/mol. The molecule has 0 aromatic rings. The topological polar surface area (TPSA) is 94.8 Å². The number of allylic oxidation sites excluding steroid dienone is 6. The van der Waals surface area contributed by atoms with Gasteiger partial charge in [-0.25, -0.2) is 8.78 Å². The van der Waals surface area contributed by atoms with Crippen LogP contribution in [0.5, 0.6) is 0 Å². The van der Waals surface area contributed by atoms with Crippen LogP contribution in [0.2, 0.25) is 0 Å². The predicted octanol–water partition coefficient (Wildman–Crippen LogP) is 1.72. The number of rotatable bonds is 2. The number of aliphatic hydroxyl groups is 3. The number of fused-ring (bicyclic) bond motifs is 5. The Morgan fingerprint density at radius 3 is 2.68 bits per heavy atom. The fraction of sp³-hybridized carbons (Fsp3) is 0.619. The Hall–Kier alpha value is -1.70. The molecule has 0 saturated heterocycles. The second-order valence-corrected chi connectivity index (χ2v) is 9.03. The van der Waals surface area contributed by atoms with Gasteiger partial charge in [0.05, 0.1) is 11.5 Å². The molecule has 152 valence electrons. The molecule has 3 N–H and O–H groups in total. The maximum absolute atomic E-state index is 16.7. The third kappa shape index (κ3) is 2.00. The van der Waals surface area contributed by atoms with Gasteiger partial charge in [-0.15, -0.1) is 0 Å². The van der Waals surface area contributed by atoms with Crippen LogP contribution >= 0.6 is 0 Å². The van der Waals surface area contributed by atoms with Crippen LogP contribution in [0, 0.1) is 22.7 Å². The third-order valence-electron chi connectivity index (χ3n) is 8.01. The Balaban J connectivity index is 1.90. The summed E-state index contributed by atoms with van der Waals surface area (Å²) in [7, 11) is 0. The van der Waals surface area contributed by atoms with E-state index in [4.69, 9.17) is 0 Å². The molecule has 4 rings (SSSR count). The molecule has 0 spiro atoms. The zero-order valence-electron chi connectivity index (χ0n) is 15.8. The second-order valence-electron chi connectivity index (χ2n) is 9.03. The van der Waals surface area contributed by atoms with E-state index in [-0.39, 0.29) is 24.8 Å². The van der Waals surface area contributed by atoms with Crippen LogP contribution < -0.4 is 0 Å². The largest absolute Gasteiger partial charge is 0.390 e. The van der Waals surface area contributed by atoms with Crippen molar-refractivity contribution in [3.63, 3.8) is 0 Å². The highest BCUT2D eigenvalue weighted by molar-refractivity contribution is 6.02. The van der Waals surface area contributed by atoms with Crippen LogP contribution in [0.1, 0.15) is 33.1 Å². The van der Waals surface area contributed by atoms with Crippen molar-refractivity contribution in [3.8, 4) is 0 Å². The highest BCUT2D eigenvalue weighted by Gasteiger charge is 2.74. The van der Waals surface area contributed by atoms with Gasteiger partial charge in [0.25, 0.3) is 0 Å². The van der Waals surface area contributed by atoms with E-state index in [0.717, 1.165) is 12.2 Å². The monoisotopic (exact) mass is 394 g/mol. The summed E-state index contributed by atoms with van der Waals surface area (Å²) >= 11 is 0. The van der Waals surface area contributed by atoms with Gasteiger partial charge in [-0.05, 0) is 50.3 Å². The van der Waals surface area contributed by atoms with Crippen molar-refractivity contribution in [2.45, 2.75) is 50.5 Å². The zero-order valence-corrected chi connectivity index (χ0v) is 15.8. The van der Waals surface area contributed by atoms with Crippen molar-refractivity contribution in [1.29, 1.82) is 0 Å². The van der Waals surface area contributed by atoms with Crippen molar-refractivity contribution in [2.24, 2.45) is 22.7 Å². The van der Waals surface area contributed by atoms with Gasteiger partial charge in [0, 0.05) is 16.9 Å². The van der Waals surface area contributed by atoms with E-state index in [9.17, 15) is 29.3 Å². The molecule has 28 heavy (non-hydrogen) atoms. The molecule has 7 atom stereocenters. The van der Waals surface area contributed by atoms with E-state index >= 15 is 4.39 Å². The molecule has 0 heterocycles. The van der Waals surface area contributed by atoms with Crippen LogP contribution in [0.25, 0.3) is 0 Å². The van der Waals surface area contributed by atoms with Crippen molar-refractivity contribution >= 4 is 11.6 Å². The van der Waals surface area contributed by atoms with Crippen molar-refractivity contribution in [2.75, 3.05) is 6.61 Å². The molecule has 7 heteroatoms. The molecule has 2 fully saturated rings. The van der Waals surface area contributed by atoms with Crippen molar-refractivity contribution in [3.05, 3.63) is 35.7 Å². The van der Waals surface area contributed by atoms with Gasteiger partial charge in [0.2, 0.25) is 0 Å². The van der Waals surface area contributed by atoms with Crippen LogP contribution in [0.4, 0.5) is 8.78 Å². The minimum Gasteiger partial charge on any atom is -0.390 e. The number of Topliss-reactive ketones (excluding diaryl/α,β-unsaturated/α-hetero) is 1. The summed E-state index contributed by atoms with van der Waals surface area (Å²) in [6.45, 7) is 2.20. The van der Waals surface area contributed by atoms with E-state index in [1.165, 1.54) is 19.1 Å². The van der Waals surface area contributed by atoms with Gasteiger partial charge in [0.1, 0.15) is 18.0 Å². The quantitative estimate of drug-likeness (QED) is 0.663. The Bertz CT molecular complexity index is 863. The average molecular weight is 394 g/mol. The minimum absolute atomic E-state index is 0.00998. The number of carbonyl (C=O) groups excluding carboxylic acids is 2. The molecule has 0 aromatic heterocycles. The van der Waals surface area contributed by atoms with Crippen LogP contribution in [0.3, 0.4) is 0 Å². The van der Waals surface area contributed by atoms with Crippen molar-refractivity contribution in [1.82, 2.24) is 0 Å². The normalized spacial score (nSPS) is 49.7. The van der Waals surface area contributed by atoms with E-state index in [1.807, 2.05) is 0 Å². The Labute approximate surface area is 161 Å². The molecule has 0 aromatic carbocycles. The van der Waals surface area contributed by atoms with Crippen molar-refractivity contribution < 1.29 is 33.7 Å². The van der Waals surface area contributed by atoms with E-state index < -0.39 is 64.0 Å². The average Bonchev–Trinajstić information content (AvgIpc) is 2.91. The highest BCUT2D eigenvalue weighted by atomic mass is 19.1. The molecule has 0 aliphatic heterocycles. The first-order chi connectivity index (χ1) is 13.0. The molecule has 4 aliphatic rings. The van der Waals surface area contributed by atoms with Gasteiger partial charge in [-0.3, -0.25) is 9.59 Å². The highest BCUT2D eigenvalue weighted by Crippen LogP contribution is 2.69. The Morgan fingerprint density at radius 2 is 2.04 bits per heavy atom. The van der Waals surface area contributed by atoms with Gasteiger partial charge in [-0.2, -0.15) is 0 Å².